The van der Waals surface area contributed by atoms with Gasteiger partial charge in [-0.3, -0.25) is 14.5 Å². The Labute approximate surface area is 332 Å². The van der Waals surface area contributed by atoms with Gasteiger partial charge >= 0.3 is 11.9 Å². The van der Waals surface area contributed by atoms with E-state index in [1.807, 2.05) is 20.8 Å². The Bertz CT molecular complexity index is 1640. The van der Waals surface area contributed by atoms with E-state index in [-0.39, 0.29) is 80.5 Å². The molecule has 1 heterocycles. The fourth-order valence-electron chi connectivity index (χ4n) is 15.6. The number of allylic oxidation sites excluding steroid dienone is 1. The summed E-state index contributed by atoms with van der Waals surface area (Å²) in [7, 11) is -3.00. The summed E-state index contributed by atoms with van der Waals surface area (Å²) < 4.78 is 30.9. The molecule has 10 heteroatoms. The highest BCUT2D eigenvalue weighted by molar-refractivity contribution is 7.91. The number of nitrogens with one attached hydrogen (secondary N) is 1. The third-order valence-corrected chi connectivity index (χ3v) is 20.6. The first-order chi connectivity index (χ1) is 25.5. The predicted octanol–water partition coefficient (Wildman–Crippen LogP) is 7.12. The van der Waals surface area contributed by atoms with Gasteiger partial charge in [0, 0.05) is 43.1 Å². The Morgan fingerprint density at radius 1 is 0.873 bits per heavy atom. The lowest BCUT2D eigenvalue weighted by Gasteiger charge is -2.73. The van der Waals surface area contributed by atoms with E-state index in [4.69, 9.17) is 4.74 Å². The van der Waals surface area contributed by atoms with Gasteiger partial charge in [0.05, 0.1) is 23.5 Å². The Morgan fingerprint density at radius 3 is 2.16 bits per heavy atom. The standard InChI is InChI=1S/C45H74N2O7S/c1-27(2)29-13-18-45(46-26-32(28(3)48)47-21-23-55(52,53)24-22-47)20-19-43(9)30(37(29)45)11-12-34-42(8)16-15-35(41(6,7)33(42)14-17-44(34,43)10)54-39(51)38-31(25-36(49)50)40(38,4)5/h28-35,37-38,46,48H,1,11-26H2,2-10H3,(H,49,50)/t28-,29+,30-,31-,32-,33+,34-,35+,37-,38-,42+,43-,44-,45+/m1/s1. The molecule has 7 fully saturated rings. The van der Waals surface area contributed by atoms with E-state index < -0.39 is 21.9 Å². The minimum absolute atomic E-state index is 0.0158. The van der Waals surface area contributed by atoms with Gasteiger partial charge in [-0.25, -0.2) is 8.42 Å². The molecule has 0 spiro atoms. The van der Waals surface area contributed by atoms with Gasteiger partial charge in [0.1, 0.15) is 6.10 Å². The van der Waals surface area contributed by atoms with Crippen molar-refractivity contribution in [3.05, 3.63) is 12.2 Å². The molecule has 0 radical (unpaired) electrons. The first kappa shape index (κ1) is 41.7. The third-order valence-electron chi connectivity index (χ3n) is 19.0. The average Bonchev–Trinajstić information content (AvgIpc) is 3.40. The average molecular weight is 787 g/mol. The summed E-state index contributed by atoms with van der Waals surface area (Å²) in [5.74, 6) is 1.31. The maximum absolute atomic E-state index is 13.6. The number of hydrogen-bond donors (Lipinski definition) is 3. The second-order valence-electron chi connectivity index (χ2n) is 22.0. The summed E-state index contributed by atoms with van der Waals surface area (Å²) in [5.41, 5.74) is 1.26. The molecule has 1 saturated heterocycles. The van der Waals surface area contributed by atoms with E-state index in [9.17, 15) is 28.2 Å². The molecule has 55 heavy (non-hydrogen) atoms. The van der Waals surface area contributed by atoms with Gasteiger partial charge in [-0.05, 0) is 135 Å². The number of esters is 1. The van der Waals surface area contributed by atoms with Gasteiger partial charge in [-0.2, -0.15) is 0 Å². The van der Waals surface area contributed by atoms with Crippen LogP contribution in [0.5, 0.6) is 0 Å². The SMILES string of the molecule is C=C(C)[C@@H]1CC[C@]2(NC[C@H]([C@@H](C)O)N3CCS(=O)(=O)CC3)CC[C@]3(C)[C@H](CC[C@@H]4[C@@]5(C)CC[C@H](OC(=O)[C@H]6[C@@H](CC(=O)O)C6(C)C)C(C)(C)[C@@H]5CC[C@]43C)[C@@H]12. The molecule has 1 aliphatic heterocycles. The molecule has 9 nitrogen and oxygen atoms in total. The van der Waals surface area contributed by atoms with E-state index in [1.54, 1.807) is 0 Å². The summed E-state index contributed by atoms with van der Waals surface area (Å²) in [6.45, 7) is 26.9. The molecule has 312 valence electrons. The number of aliphatic hydroxyl groups is 1. The van der Waals surface area contributed by atoms with Crippen molar-refractivity contribution in [1.29, 1.82) is 0 Å². The van der Waals surface area contributed by atoms with E-state index in [2.05, 4.69) is 58.3 Å². The number of carbonyl (C=O) groups excluding carboxylic acids is 1. The van der Waals surface area contributed by atoms with Gasteiger partial charge in [-0.15, -0.1) is 0 Å². The van der Waals surface area contributed by atoms with Gasteiger partial charge in [0.15, 0.2) is 9.84 Å². The minimum Gasteiger partial charge on any atom is -0.481 e. The van der Waals surface area contributed by atoms with Crippen LogP contribution in [0.25, 0.3) is 0 Å². The van der Waals surface area contributed by atoms with Crippen LogP contribution in [0.2, 0.25) is 0 Å². The Kier molecular flexibility index (Phi) is 10.4. The highest BCUT2D eigenvalue weighted by Crippen LogP contribution is 2.76. The number of ether oxygens (including phenoxy) is 1. The normalized spacial score (nSPS) is 46.5. The molecule has 0 bridgehead atoms. The van der Waals surface area contributed by atoms with E-state index >= 15 is 0 Å². The second kappa shape index (κ2) is 13.8. The van der Waals surface area contributed by atoms with Crippen molar-refractivity contribution in [3.63, 3.8) is 0 Å². The molecular weight excluding hydrogens is 713 g/mol. The zero-order valence-corrected chi connectivity index (χ0v) is 36.4. The molecule has 0 aromatic rings. The number of rotatable bonds is 10. The van der Waals surface area contributed by atoms with E-state index in [1.165, 1.54) is 31.3 Å². The highest BCUT2D eigenvalue weighted by atomic mass is 32.2. The molecule has 7 aliphatic rings. The maximum Gasteiger partial charge on any atom is 0.310 e. The van der Waals surface area contributed by atoms with Crippen LogP contribution >= 0.6 is 0 Å². The Hall–Kier alpha value is -1.49. The fourth-order valence-corrected chi connectivity index (χ4v) is 16.8. The number of fused-ring (bicyclic) bond motifs is 7. The van der Waals surface area contributed by atoms with Crippen LogP contribution in [0.15, 0.2) is 12.2 Å². The van der Waals surface area contributed by atoms with Crippen molar-refractivity contribution in [3.8, 4) is 0 Å². The monoisotopic (exact) mass is 787 g/mol. The summed E-state index contributed by atoms with van der Waals surface area (Å²) in [5, 5.41) is 24.6. The fraction of sp³-hybridized carbons (Fsp3) is 0.911. The number of carboxylic acid groups (broad SMARTS) is 1. The topological polar surface area (TPSA) is 133 Å². The van der Waals surface area contributed by atoms with Gasteiger partial charge in [-0.1, -0.05) is 60.6 Å². The van der Waals surface area contributed by atoms with Crippen molar-refractivity contribution in [2.75, 3.05) is 31.1 Å². The molecule has 0 aromatic heterocycles. The lowest BCUT2D eigenvalue weighted by atomic mass is 9.32. The third kappa shape index (κ3) is 6.50. The first-order valence-electron chi connectivity index (χ1n) is 21.9. The van der Waals surface area contributed by atoms with Gasteiger partial charge < -0.3 is 20.3 Å². The lowest BCUT2D eigenvalue weighted by molar-refractivity contribution is -0.246. The number of aliphatic hydroxyl groups excluding tert-OH is 1. The predicted molar refractivity (Wildman–Crippen MR) is 216 cm³/mol. The molecule has 0 unspecified atom stereocenters. The highest BCUT2D eigenvalue weighted by Gasteiger charge is 2.71. The molecule has 6 aliphatic carbocycles. The molecule has 6 saturated carbocycles. The maximum atomic E-state index is 13.6. The Balaban J connectivity index is 1.10. The van der Waals surface area contributed by atoms with Crippen molar-refractivity contribution in [2.45, 2.75) is 157 Å². The van der Waals surface area contributed by atoms with Crippen LogP contribution in [0.1, 0.15) is 133 Å². The lowest BCUT2D eigenvalue weighted by Crippen LogP contribution is -2.69. The number of aliphatic carboxylic acids is 1. The first-order valence-corrected chi connectivity index (χ1v) is 23.7. The largest absolute Gasteiger partial charge is 0.481 e. The summed E-state index contributed by atoms with van der Waals surface area (Å²) in [6, 6.07) is -0.120. The minimum atomic E-state index is -3.00. The molecular formula is C45H74N2O7S. The Morgan fingerprint density at radius 2 is 1.55 bits per heavy atom. The molecule has 7 rings (SSSR count). The van der Waals surface area contributed by atoms with Crippen LogP contribution in [0, 0.1) is 68.5 Å². The second-order valence-corrected chi connectivity index (χ2v) is 24.3. The summed E-state index contributed by atoms with van der Waals surface area (Å²) in [6.07, 6.45) is 10.5. The molecule has 3 N–H and O–H groups in total. The zero-order chi connectivity index (χ0) is 40.3. The van der Waals surface area contributed by atoms with E-state index in [0.717, 1.165) is 38.5 Å². The smallest absolute Gasteiger partial charge is 0.310 e. The van der Waals surface area contributed by atoms with Crippen LogP contribution in [0.4, 0.5) is 0 Å². The van der Waals surface area contributed by atoms with Gasteiger partial charge in [0.2, 0.25) is 0 Å². The molecule has 0 aromatic carbocycles. The van der Waals surface area contributed by atoms with Crippen LogP contribution in [0.3, 0.4) is 0 Å². The van der Waals surface area contributed by atoms with Crippen molar-refractivity contribution in [1.82, 2.24) is 10.2 Å². The van der Waals surface area contributed by atoms with E-state index in [0.29, 0.717) is 49.2 Å². The summed E-state index contributed by atoms with van der Waals surface area (Å²) in [4.78, 5) is 27.4. The number of sulfone groups is 1. The number of carbonyl (C=O) groups is 2. The number of hydrogen-bond acceptors (Lipinski definition) is 8. The molecule has 0 amide bonds. The summed E-state index contributed by atoms with van der Waals surface area (Å²) >= 11 is 0. The van der Waals surface area contributed by atoms with Crippen LogP contribution in [-0.4, -0.2) is 90.4 Å². The van der Waals surface area contributed by atoms with Crippen molar-refractivity contribution < 1.29 is 33.0 Å². The number of carboxylic acids is 1. The van der Waals surface area contributed by atoms with Crippen LogP contribution in [-0.2, 0) is 24.2 Å². The molecule has 14 atom stereocenters. The van der Waals surface area contributed by atoms with Crippen LogP contribution < -0.4 is 5.32 Å². The number of nitrogens with zero attached hydrogens (tertiary/aromatic N) is 1. The van der Waals surface area contributed by atoms with Gasteiger partial charge in [0.25, 0.3) is 0 Å². The van der Waals surface area contributed by atoms with Crippen molar-refractivity contribution in [2.24, 2.45) is 68.5 Å². The van der Waals surface area contributed by atoms with Crippen molar-refractivity contribution >= 4 is 21.8 Å². The zero-order valence-electron chi connectivity index (χ0n) is 35.6. The quantitative estimate of drug-likeness (QED) is 0.156.